The van der Waals surface area contributed by atoms with Crippen LogP contribution in [0, 0.1) is 0 Å². The molecule has 0 aliphatic heterocycles. The normalized spacial score (nSPS) is 10.8. The molecule has 0 fully saturated rings. The van der Waals surface area contributed by atoms with Gasteiger partial charge in [0.1, 0.15) is 0 Å². The summed E-state index contributed by atoms with van der Waals surface area (Å²) >= 11 is 0. The van der Waals surface area contributed by atoms with Crippen molar-refractivity contribution in [3.05, 3.63) is 0 Å². The third-order valence-corrected chi connectivity index (χ3v) is 5.05. The molecular weight excluding hydrogens is 365 g/mol. The van der Waals surface area contributed by atoms with E-state index in [1.807, 2.05) is 0 Å². The van der Waals surface area contributed by atoms with E-state index in [2.05, 4.69) is 6.92 Å². The summed E-state index contributed by atoms with van der Waals surface area (Å²) in [6, 6.07) is 0. The van der Waals surface area contributed by atoms with E-state index in [0.29, 0.717) is 6.54 Å². The van der Waals surface area contributed by atoms with Crippen molar-refractivity contribution in [3.8, 4) is 0 Å². The third kappa shape index (κ3) is 23.9. The Morgan fingerprint density at radius 3 is 1.14 bits per heavy atom. The van der Waals surface area contributed by atoms with Crippen LogP contribution in [0.2, 0.25) is 0 Å². The Morgan fingerprint density at radius 2 is 0.857 bits per heavy atom. The summed E-state index contributed by atoms with van der Waals surface area (Å²) in [6.45, 7) is 2.44. The van der Waals surface area contributed by atoms with Gasteiger partial charge < -0.3 is 10.2 Å². The van der Waals surface area contributed by atoms with E-state index in [4.69, 9.17) is 10.2 Å². The number of carboxylic acid groups (broad SMARTS) is 2. The Balaban J connectivity index is 0. The van der Waals surface area contributed by atoms with E-state index in [1.165, 1.54) is 88.4 Å². The molecule has 2 N–H and O–H groups in total. The van der Waals surface area contributed by atoms with Crippen LogP contribution in [0.1, 0.15) is 110 Å². The molecule has 0 saturated heterocycles. The average Bonchev–Trinajstić information content (AvgIpc) is 2.60. The van der Waals surface area contributed by atoms with E-state index in [0.717, 1.165) is 19.3 Å². The van der Waals surface area contributed by atoms with Crippen LogP contribution in [-0.4, -0.2) is 76.2 Å². The molecule has 0 aliphatic carbocycles. The van der Waals surface area contributed by atoms with Crippen LogP contribution in [0.5, 0.6) is 0 Å². The van der Waals surface area contributed by atoms with Gasteiger partial charge in [-0.1, -0.05) is 103 Å². The van der Waals surface area contributed by atoms with E-state index in [-0.39, 0.29) is 42.6 Å². The summed E-state index contributed by atoms with van der Waals surface area (Å²) in [6.07, 6.45) is 20.8. The van der Waals surface area contributed by atoms with Gasteiger partial charge >= 0.3 is 41.5 Å². The van der Waals surface area contributed by atoms with Gasteiger partial charge in [-0.15, -0.1) is 0 Å². The fraction of sp³-hybridized carbons (Fsp3) is 0.909. The van der Waals surface area contributed by atoms with Gasteiger partial charge in [-0.2, -0.15) is 0 Å². The minimum absolute atomic E-state index is 0. The number of aliphatic carboxylic acids is 2. The molecule has 0 bridgehead atoms. The fourth-order valence-electron chi connectivity index (χ4n) is 3.48. The van der Waals surface area contributed by atoms with Crippen molar-refractivity contribution in [1.29, 1.82) is 0 Å². The second-order valence-corrected chi connectivity index (χ2v) is 7.80. The molecule has 0 aliphatic rings. The molecule has 0 aromatic heterocycles. The zero-order valence-corrected chi connectivity index (χ0v) is 17.6. The average molecular weight is 410 g/mol. The summed E-state index contributed by atoms with van der Waals surface area (Å²) in [4.78, 5) is 23.0. The number of carbonyl (C=O) groups is 2. The second-order valence-electron chi connectivity index (χ2n) is 7.80. The van der Waals surface area contributed by atoms with Crippen LogP contribution in [0.25, 0.3) is 0 Å². The molecule has 0 spiro atoms. The summed E-state index contributed by atoms with van der Waals surface area (Å²) < 4.78 is 0. The number of carboxylic acids is 2. The standard InChI is InChI=1S/C22H43NO4.Na.H/c1-2-3-4-5-6-7-8-9-10-11-12-13-14-15-16-17-18-23(19-21(24)25)20-22(26)27;;/h2-20H2,1H3,(H,24,25)(H,26,27);;. The fourth-order valence-corrected chi connectivity index (χ4v) is 3.48. The Morgan fingerprint density at radius 1 is 0.571 bits per heavy atom. The molecule has 162 valence electrons. The molecule has 5 nitrogen and oxygen atoms in total. The zero-order valence-electron chi connectivity index (χ0n) is 17.6. The van der Waals surface area contributed by atoms with Gasteiger partial charge in [0.25, 0.3) is 0 Å². The maximum absolute atomic E-state index is 10.7. The molecule has 0 atom stereocenters. The number of hydrogen-bond donors (Lipinski definition) is 2. The molecule has 0 saturated carbocycles. The summed E-state index contributed by atoms with van der Waals surface area (Å²) in [5.41, 5.74) is 0. The molecule has 0 heterocycles. The van der Waals surface area contributed by atoms with Gasteiger partial charge in [0, 0.05) is 0 Å². The first-order chi connectivity index (χ1) is 13.1. The van der Waals surface area contributed by atoms with Crippen molar-refractivity contribution < 1.29 is 19.8 Å². The van der Waals surface area contributed by atoms with Crippen LogP contribution in [0.3, 0.4) is 0 Å². The van der Waals surface area contributed by atoms with Gasteiger partial charge in [-0.3, -0.25) is 14.5 Å². The van der Waals surface area contributed by atoms with Crippen LogP contribution in [0.15, 0.2) is 0 Å². The van der Waals surface area contributed by atoms with Crippen molar-refractivity contribution in [2.45, 2.75) is 110 Å². The maximum atomic E-state index is 10.7. The first-order valence-electron chi connectivity index (χ1n) is 11.2. The predicted octanol–water partition coefficient (Wildman–Crippen LogP) is 5.07. The molecule has 6 heteroatoms. The van der Waals surface area contributed by atoms with Gasteiger partial charge in [0.05, 0.1) is 13.1 Å². The van der Waals surface area contributed by atoms with Crippen molar-refractivity contribution in [1.82, 2.24) is 4.90 Å². The Labute approximate surface area is 194 Å². The van der Waals surface area contributed by atoms with Crippen LogP contribution in [-0.2, 0) is 9.59 Å². The first-order valence-corrected chi connectivity index (χ1v) is 11.2. The van der Waals surface area contributed by atoms with E-state index in [9.17, 15) is 9.59 Å². The summed E-state index contributed by atoms with van der Waals surface area (Å²) in [5.74, 6) is -1.93. The first kappa shape index (κ1) is 30.1. The molecule has 0 aromatic rings. The molecule has 0 aromatic carbocycles. The summed E-state index contributed by atoms with van der Waals surface area (Å²) in [5, 5.41) is 17.6. The van der Waals surface area contributed by atoms with E-state index < -0.39 is 11.9 Å². The van der Waals surface area contributed by atoms with E-state index in [1.54, 1.807) is 0 Å². The SMILES string of the molecule is CCCCCCCCCCCCCCCCCCN(CC(=O)O)CC(=O)O.[NaH]. The van der Waals surface area contributed by atoms with E-state index >= 15 is 0 Å². The van der Waals surface area contributed by atoms with Crippen LogP contribution >= 0.6 is 0 Å². The predicted molar refractivity (Wildman–Crippen MR) is 118 cm³/mol. The second kappa shape index (κ2) is 23.2. The van der Waals surface area contributed by atoms with Crippen molar-refractivity contribution in [2.75, 3.05) is 19.6 Å². The monoisotopic (exact) mass is 409 g/mol. The van der Waals surface area contributed by atoms with Crippen LogP contribution in [0.4, 0.5) is 0 Å². The third-order valence-electron chi connectivity index (χ3n) is 5.05. The van der Waals surface area contributed by atoms with Crippen molar-refractivity contribution in [3.63, 3.8) is 0 Å². The Kier molecular flexibility index (Phi) is 24.9. The number of hydrogen-bond acceptors (Lipinski definition) is 3. The quantitative estimate of drug-likeness (QED) is 0.204. The molecule has 0 amide bonds. The van der Waals surface area contributed by atoms with Crippen molar-refractivity contribution >= 4 is 41.5 Å². The molecule has 28 heavy (non-hydrogen) atoms. The molecule has 0 radical (unpaired) electrons. The van der Waals surface area contributed by atoms with Crippen molar-refractivity contribution in [2.24, 2.45) is 0 Å². The van der Waals surface area contributed by atoms with Gasteiger partial charge in [0.2, 0.25) is 0 Å². The Bertz CT molecular complexity index is 350. The number of rotatable bonds is 21. The number of unbranched alkanes of at least 4 members (excludes halogenated alkanes) is 15. The topological polar surface area (TPSA) is 77.8 Å². The minimum atomic E-state index is -0.965. The molecule has 0 rings (SSSR count). The Hall–Kier alpha value is -0.100. The van der Waals surface area contributed by atoms with Gasteiger partial charge in [-0.25, -0.2) is 0 Å². The van der Waals surface area contributed by atoms with Gasteiger partial charge in [-0.05, 0) is 13.0 Å². The van der Waals surface area contributed by atoms with Gasteiger partial charge in [0.15, 0.2) is 0 Å². The number of nitrogens with zero attached hydrogens (tertiary/aromatic N) is 1. The van der Waals surface area contributed by atoms with Crippen LogP contribution < -0.4 is 0 Å². The molecule has 0 unspecified atom stereocenters. The summed E-state index contributed by atoms with van der Waals surface area (Å²) in [7, 11) is 0. The molecular formula is C22H44NNaO4. The zero-order chi connectivity index (χ0) is 20.2.